The zero-order chi connectivity index (χ0) is 11.7. The summed E-state index contributed by atoms with van der Waals surface area (Å²) in [5.74, 6) is 0.122. The molecule has 1 N–H and O–H groups in total. The van der Waals surface area contributed by atoms with E-state index in [4.69, 9.17) is 34.8 Å². The second-order valence-electron chi connectivity index (χ2n) is 3.86. The monoisotopic (exact) mass is 277 g/mol. The van der Waals surface area contributed by atoms with Crippen molar-refractivity contribution in [1.29, 1.82) is 0 Å². The molecule has 0 unspecified atom stereocenters. The number of hydrogen-bond acceptors (Lipinski definition) is 1. The summed E-state index contributed by atoms with van der Waals surface area (Å²) in [5.41, 5.74) is 0.521. The Balaban J connectivity index is 2.14. The molecule has 16 heavy (non-hydrogen) atoms. The fourth-order valence-electron chi connectivity index (χ4n) is 1.52. The molecule has 0 spiro atoms. The second kappa shape index (κ2) is 4.82. The number of rotatable bonds is 2. The van der Waals surface area contributed by atoms with E-state index < -0.39 is 0 Å². The number of halogens is 3. The van der Waals surface area contributed by atoms with Crippen LogP contribution in [0, 0.1) is 5.92 Å². The average molecular weight is 279 g/mol. The van der Waals surface area contributed by atoms with Gasteiger partial charge in [0.2, 0.25) is 5.91 Å². The van der Waals surface area contributed by atoms with Crippen molar-refractivity contribution in [1.82, 2.24) is 0 Å². The first-order valence-corrected chi connectivity index (χ1v) is 6.16. The molecule has 0 saturated heterocycles. The summed E-state index contributed by atoms with van der Waals surface area (Å²) in [7, 11) is 0. The van der Waals surface area contributed by atoms with Crippen molar-refractivity contribution >= 4 is 46.4 Å². The average Bonchev–Trinajstić information content (AvgIpc) is 2.11. The number of benzene rings is 1. The molecule has 0 radical (unpaired) electrons. The number of carbonyl (C=O) groups is 1. The Hall–Kier alpha value is -0.440. The fourth-order valence-corrected chi connectivity index (χ4v) is 2.12. The molecule has 1 fully saturated rings. The van der Waals surface area contributed by atoms with Gasteiger partial charge in [0.1, 0.15) is 0 Å². The molecule has 5 heteroatoms. The maximum Gasteiger partial charge on any atom is 0.227 e. The number of nitrogens with one attached hydrogen (secondary N) is 1. The van der Waals surface area contributed by atoms with Gasteiger partial charge in [-0.25, -0.2) is 0 Å². The van der Waals surface area contributed by atoms with Crippen LogP contribution in [0.25, 0.3) is 0 Å². The number of hydrogen-bond donors (Lipinski definition) is 1. The molecule has 1 saturated carbocycles. The van der Waals surface area contributed by atoms with Crippen molar-refractivity contribution in [3.8, 4) is 0 Å². The third kappa shape index (κ3) is 2.45. The lowest BCUT2D eigenvalue weighted by atomic mass is 9.85. The van der Waals surface area contributed by atoms with E-state index in [0.717, 1.165) is 19.3 Å². The SMILES string of the molecule is O=C(Nc1cc(Cl)c(Cl)cc1Cl)C1CCC1. The Morgan fingerprint density at radius 2 is 1.75 bits per heavy atom. The molecule has 2 nitrogen and oxygen atoms in total. The maximum absolute atomic E-state index is 11.7. The number of carbonyl (C=O) groups excluding carboxylic acids is 1. The Bertz CT molecular complexity index is 429. The summed E-state index contributed by atoms with van der Waals surface area (Å²) >= 11 is 17.6. The minimum absolute atomic E-state index is 0.00605. The summed E-state index contributed by atoms with van der Waals surface area (Å²) in [6.07, 6.45) is 3.02. The lowest BCUT2D eigenvalue weighted by Gasteiger charge is -2.24. The second-order valence-corrected chi connectivity index (χ2v) is 5.08. The molecule has 0 aromatic heterocycles. The molecular formula is C11H10Cl3NO. The Morgan fingerprint density at radius 1 is 1.12 bits per heavy atom. The molecule has 1 amide bonds. The van der Waals surface area contributed by atoms with E-state index in [0.29, 0.717) is 20.8 Å². The van der Waals surface area contributed by atoms with Crippen LogP contribution in [0.3, 0.4) is 0 Å². The normalized spacial score (nSPS) is 15.7. The van der Waals surface area contributed by atoms with Crippen molar-refractivity contribution in [3.05, 3.63) is 27.2 Å². The third-order valence-electron chi connectivity index (χ3n) is 2.74. The van der Waals surface area contributed by atoms with E-state index in [9.17, 15) is 4.79 Å². The molecule has 1 aromatic carbocycles. The van der Waals surface area contributed by atoms with Gasteiger partial charge in [0.25, 0.3) is 0 Å². The van der Waals surface area contributed by atoms with E-state index in [1.165, 1.54) is 6.07 Å². The van der Waals surface area contributed by atoms with E-state index >= 15 is 0 Å². The van der Waals surface area contributed by atoms with E-state index in [1.807, 2.05) is 0 Å². The highest BCUT2D eigenvalue weighted by Gasteiger charge is 2.25. The minimum Gasteiger partial charge on any atom is -0.324 e. The summed E-state index contributed by atoms with van der Waals surface area (Å²) in [6, 6.07) is 3.10. The summed E-state index contributed by atoms with van der Waals surface area (Å²) in [6.45, 7) is 0. The molecule has 0 aliphatic heterocycles. The van der Waals surface area contributed by atoms with Gasteiger partial charge < -0.3 is 5.32 Å². The largest absolute Gasteiger partial charge is 0.324 e. The molecule has 0 bridgehead atoms. The van der Waals surface area contributed by atoms with Gasteiger partial charge in [-0.05, 0) is 25.0 Å². The molecule has 1 aromatic rings. The summed E-state index contributed by atoms with van der Waals surface area (Å²) in [5, 5.41) is 3.94. The predicted molar refractivity (Wildman–Crippen MR) is 67.4 cm³/mol. The topological polar surface area (TPSA) is 29.1 Å². The first kappa shape index (κ1) is 12.0. The molecule has 1 aliphatic carbocycles. The smallest absolute Gasteiger partial charge is 0.227 e. The van der Waals surface area contributed by atoms with Crippen molar-refractivity contribution in [2.24, 2.45) is 5.92 Å². The fraction of sp³-hybridized carbons (Fsp3) is 0.364. The highest BCUT2D eigenvalue weighted by molar-refractivity contribution is 6.44. The van der Waals surface area contributed by atoms with Crippen LogP contribution in [0.4, 0.5) is 5.69 Å². The van der Waals surface area contributed by atoms with Crippen LogP contribution >= 0.6 is 34.8 Å². The molecule has 1 aliphatic rings. The van der Waals surface area contributed by atoms with E-state index in [1.54, 1.807) is 6.07 Å². The highest BCUT2D eigenvalue weighted by atomic mass is 35.5. The zero-order valence-corrected chi connectivity index (χ0v) is 10.7. The van der Waals surface area contributed by atoms with E-state index in [-0.39, 0.29) is 11.8 Å². The van der Waals surface area contributed by atoms with Gasteiger partial charge in [-0.3, -0.25) is 4.79 Å². The van der Waals surface area contributed by atoms with Crippen LogP contribution in [0.2, 0.25) is 15.1 Å². The van der Waals surface area contributed by atoms with Crippen LogP contribution in [-0.2, 0) is 4.79 Å². The van der Waals surface area contributed by atoms with Gasteiger partial charge >= 0.3 is 0 Å². The molecular weight excluding hydrogens is 268 g/mol. The predicted octanol–water partition coefficient (Wildman–Crippen LogP) is 4.39. The van der Waals surface area contributed by atoms with E-state index in [2.05, 4.69) is 5.32 Å². The van der Waals surface area contributed by atoms with Crippen molar-refractivity contribution < 1.29 is 4.79 Å². The van der Waals surface area contributed by atoms with Gasteiger partial charge in [-0.2, -0.15) is 0 Å². The minimum atomic E-state index is 0.00605. The number of amides is 1. The maximum atomic E-state index is 11.7. The van der Waals surface area contributed by atoms with Gasteiger partial charge in [-0.15, -0.1) is 0 Å². The lowest BCUT2D eigenvalue weighted by molar-refractivity contribution is -0.122. The lowest BCUT2D eigenvalue weighted by Crippen LogP contribution is -2.28. The van der Waals surface area contributed by atoms with Gasteiger partial charge in [-0.1, -0.05) is 41.2 Å². The molecule has 2 rings (SSSR count). The van der Waals surface area contributed by atoms with Crippen LogP contribution < -0.4 is 5.32 Å². The first-order valence-electron chi connectivity index (χ1n) is 5.03. The molecule has 86 valence electrons. The number of anilines is 1. The van der Waals surface area contributed by atoms with Gasteiger partial charge in [0.05, 0.1) is 20.8 Å². The Labute approximate surface area is 109 Å². The van der Waals surface area contributed by atoms with Crippen LogP contribution in [0.15, 0.2) is 12.1 Å². The van der Waals surface area contributed by atoms with Crippen molar-refractivity contribution in [2.75, 3.05) is 5.32 Å². The standard InChI is InChI=1S/C11H10Cl3NO/c12-7-4-9(14)10(5-8(7)13)15-11(16)6-2-1-3-6/h4-6H,1-3H2,(H,15,16). The zero-order valence-electron chi connectivity index (χ0n) is 8.40. The highest BCUT2D eigenvalue weighted by Crippen LogP contribution is 2.34. The van der Waals surface area contributed by atoms with Crippen molar-refractivity contribution in [3.63, 3.8) is 0 Å². The van der Waals surface area contributed by atoms with Gasteiger partial charge in [0, 0.05) is 5.92 Å². The summed E-state index contributed by atoms with van der Waals surface area (Å²) in [4.78, 5) is 11.7. The Kier molecular flexibility index (Phi) is 3.63. The van der Waals surface area contributed by atoms with Crippen LogP contribution in [-0.4, -0.2) is 5.91 Å². The van der Waals surface area contributed by atoms with Crippen LogP contribution in [0.1, 0.15) is 19.3 Å². The Morgan fingerprint density at radius 3 is 2.31 bits per heavy atom. The third-order valence-corrected chi connectivity index (χ3v) is 3.78. The molecule has 0 atom stereocenters. The van der Waals surface area contributed by atoms with Crippen LogP contribution in [0.5, 0.6) is 0 Å². The summed E-state index contributed by atoms with van der Waals surface area (Å²) < 4.78 is 0. The quantitative estimate of drug-likeness (QED) is 0.799. The van der Waals surface area contributed by atoms with Crippen molar-refractivity contribution in [2.45, 2.75) is 19.3 Å². The first-order chi connectivity index (χ1) is 7.58. The van der Waals surface area contributed by atoms with Gasteiger partial charge in [0.15, 0.2) is 0 Å². The molecule has 0 heterocycles.